The van der Waals surface area contributed by atoms with E-state index in [0.717, 1.165) is 12.1 Å². The van der Waals surface area contributed by atoms with Crippen molar-refractivity contribution < 1.29 is 22.4 Å². The minimum Gasteiger partial charge on any atom is -0.308 e. The molecule has 0 unspecified atom stereocenters. The van der Waals surface area contributed by atoms with Crippen molar-refractivity contribution in [3.63, 3.8) is 0 Å². The Morgan fingerprint density at radius 3 is 2.43 bits per heavy atom. The van der Waals surface area contributed by atoms with Crippen LogP contribution in [0.1, 0.15) is 24.1 Å². The lowest BCUT2D eigenvalue weighted by Gasteiger charge is -2.14. The fraction of sp³-hybridized carbons (Fsp3) is 0.211. The van der Waals surface area contributed by atoms with E-state index in [1.54, 1.807) is 0 Å². The second-order valence-electron chi connectivity index (χ2n) is 6.56. The SMILES string of the molecule is O=C(Nc1ccn(-c2ccc(C(F)(F)F)cc2)n1)C1(c2ncccc2F)CC1. The predicted molar refractivity (Wildman–Crippen MR) is 92.3 cm³/mol. The Hall–Kier alpha value is -3.23. The van der Waals surface area contributed by atoms with E-state index in [4.69, 9.17) is 0 Å². The van der Waals surface area contributed by atoms with Crippen molar-refractivity contribution >= 4 is 11.7 Å². The second kappa shape index (κ2) is 6.43. The summed E-state index contributed by atoms with van der Waals surface area (Å²) >= 11 is 0. The molecule has 5 nitrogen and oxygen atoms in total. The fourth-order valence-corrected chi connectivity index (χ4v) is 3.01. The Morgan fingerprint density at radius 1 is 1.11 bits per heavy atom. The first-order valence-corrected chi connectivity index (χ1v) is 8.45. The van der Waals surface area contributed by atoms with Crippen LogP contribution < -0.4 is 5.32 Å². The van der Waals surface area contributed by atoms with E-state index in [-0.39, 0.29) is 11.5 Å². The molecule has 0 bridgehead atoms. The van der Waals surface area contributed by atoms with Crippen LogP contribution in [0, 0.1) is 5.82 Å². The smallest absolute Gasteiger partial charge is 0.308 e. The molecule has 1 aliphatic carbocycles. The van der Waals surface area contributed by atoms with Crippen molar-refractivity contribution in [3.8, 4) is 5.69 Å². The first-order valence-electron chi connectivity index (χ1n) is 8.45. The van der Waals surface area contributed by atoms with Crippen LogP contribution in [0.2, 0.25) is 0 Å². The largest absolute Gasteiger partial charge is 0.416 e. The molecular weight excluding hydrogens is 376 g/mol. The Kier molecular flexibility index (Phi) is 4.17. The lowest BCUT2D eigenvalue weighted by Crippen LogP contribution is -2.29. The fourth-order valence-electron chi connectivity index (χ4n) is 3.01. The molecule has 144 valence electrons. The minimum atomic E-state index is -4.42. The summed E-state index contributed by atoms with van der Waals surface area (Å²) in [5, 5.41) is 6.80. The second-order valence-corrected chi connectivity index (χ2v) is 6.56. The number of amides is 1. The molecule has 0 spiro atoms. The van der Waals surface area contributed by atoms with Gasteiger partial charge in [-0.1, -0.05) is 0 Å². The van der Waals surface area contributed by atoms with Crippen LogP contribution in [0.5, 0.6) is 0 Å². The van der Waals surface area contributed by atoms with Gasteiger partial charge in [-0.15, -0.1) is 0 Å². The third kappa shape index (κ3) is 3.23. The third-order valence-electron chi connectivity index (χ3n) is 4.69. The number of carbonyl (C=O) groups excluding carboxylic acids is 1. The average molecular weight is 390 g/mol. The van der Waals surface area contributed by atoms with Gasteiger partial charge in [-0.2, -0.15) is 18.3 Å². The molecule has 1 fully saturated rings. The molecule has 28 heavy (non-hydrogen) atoms. The van der Waals surface area contributed by atoms with Gasteiger partial charge in [0.15, 0.2) is 5.82 Å². The van der Waals surface area contributed by atoms with Gasteiger partial charge in [0.05, 0.1) is 22.4 Å². The van der Waals surface area contributed by atoms with E-state index in [0.29, 0.717) is 18.5 Å². The van der Waals surface area contributed by atoms with Crippen molar-refractivity contribution in [2.45, 2.75) is 24.4 Å². The van der Waals surface area contributed by atoms with Crippen molar-refractivity contribution in [1.82, 2.24) is 14.8 Å². The topological polar surface area (TPSA) is 59.8 Å². The van der Waals surface area contributed by atoms with Crippen LogP contribution in [-0.4, -0.2) is 20.7 Å². The van der Waals surface area contributed by atoms with Gasteiger partial charge in [0.1, 0.15) is 5.82 Å². The standard InChI is InChI=1S/C19H14F4N4O/c20-14-2-1-10-24-16(14)18(8-9-18)17(28)25-15-7-11-27(26-15)13-5-3-12(4-6-13)19(21,22)23/h1-7,10-11H,8-9H2,(H,25,26,28). The molecule has 0 atom stereocenters. The molecule has 4 rings (SSSR count). The first kappa shape index (κ1) is 18.1. The van der Waals surface area contributed by atoms with E-state index < -0.39 is 28.9 Å². The quantitative estimate of drug-likeness (QED) is 0.683. The van der Waals surface area contributed by atoms with Gasteiger partial charge in [0.25, 0.3) is 0 Å². The van der Waals surface area contributed by atoms with Crippen LogP contribution in [0.15, 0.2) is 54.9 Å². The molecular formula is C19H14F4N4O. The van der Waals surface area contributed by atoms with Crippen LogP contribution in [0.3, 0.4) is 0 Å². The molecule has 1 saturated carbocycles. The Bertz CT molecular complexity index is 1020. The van der Waals surface area contributed by atoms with Gasteiger partial charge in [-0.05, 0) is 49.2 Å². The highest BCUT2D eigenvalue weighted by molar-refractivity contribution is 6.00. The van der Waals surface area contributed by atoms with Gasteiger partial charge in [-0.3, -0.25) is 9.78 Å². The van der Waals surface area contributed by atoms with Gasteiger partial charge in [0.2, 0.25) is 5.91 Å². The summed E-state index contributed by atoms with van der Waals surface area (Å²) in [6.45, 7) is 0. The normalized spacial score (nSPS) is 15.3. The molecule has 1 N–H and O–H groups in total. The Morgan fingerprint density at radius 2 is 1.82 bits per heavy atom. The summed E-state index contributed by atoms with van der Waals surface area (Å²) in [4.78, 5) is 16.7. The maximum atomic E-state index is 14.0. The van der Waals surface area contributed by atoms with Crippen molar-refractivity contribution in [2.75, 3.05) is 5.32 Å². The summed E-state index contributed by atoms with van der Waals surface area (Å²) < 4.78 is 53.3. The summed E-state index contributed by atoms with van der Waals surface area (Å²) in [5.74, 6) is -0.735. The molecule has 3 aromatic rings. The number of rotatable bonds is 4. The zero-order valence-corrected chi connectivity index (χ0v) is 14.4. The predicted octanol–water partition coefficient (Wildman–Crippen LogP) is 4.10. The average Bonchev–Trinajstić information content (AvgIpc) is 3.34. The van der Waals surface area contributed by atoms with E-state index in [9.17, 15) is 22.4 Å². The highest BCUT2D eigenvalue weighted by Crippen LogP contribution is 2.48. The molecule has 1 aromatic carbocycles. The number of hydrogen-bond donors (Lipinski definition) is 1. The number of alkyl halides is 3. The number of halogens is 4. The molecule has 9 heteroatoms. The number of anilines is 1. The van der Waals surface area contributed by atoms with E-state index in [1.165, 1.54) is 47.4 Å². The maximum absolute atomic E-state index is 14.0. The molecule has 0 saturated heterocycles. The number of benzene rings is 1. The van der Waals surface area contributed by atoms with E-state index in [2.05, 4.69) is 15.4 Å². The number of hydrogen-bond acceptors (Lipinski definition) is 3. The number of nitrogens with zero attached hydrogens (tertiary/aromatic N) is 3. The zero-order valence-electron chi connectivity index (χ0n) is 14.4. The van der Waals surface area contributed by atoms with Crippen molar-refractivity contribution in [2.24, 2.45) is 0 Å². The molecule has 0 aliphatic heterocycles. The van der Waals surface area contributed by atoms with E-state index in [1.807, 2.05) is 0 Å². The van der Waals surface area contributed by atoms with Crippen LogP contribution in [0.25, 0.3) is 5.69 Å². The highest BCUT2D eigenvalue weighted by Gasteiger charge is 2.54. The van der Waals surface area contributed by atoms with Gasteiger partial charge in [-0.25, -0.2) is 9.07 Å². The minimum absolute atomic E-state index is 0.106. The van der Waals surface area contributed by atoms with Gasteiger partial charge in [0, 0.05) is 18.5 Å². The Balaban J connectivity index is 1.51. The van der Waals surface area contributed by atoms with Crippen LogP contribution in [-0.2, 0) is 16.4 Å². The summed E-state index contributed by atoms with van der Waals surface area (Å²) in [5.41, 5.74) is -1.26. The Labute approximate surface area is 157 Å². The maximum Gasteiger partial charge on any atom is 0.416 e. The summed E-state index contributed by atoms with van der Waals surface area (Å²) in [6.07, 6.45) is -0.510. The van der Waals surface area contributed by atoms with E-state index >= 15 is 0 Å². The summed E-state index contributed by atoms with van der Waals surface area (Å²) in [7, 11) is 0. The van der Waals surface area contributed by atoms with Gasteiger partial charge < -0.3 is 5.32 Å². The molecule has 0 radical (unpaired) electrons. The first-order chi connectivity index (χ1) is 13.3. The zero-order chi connectivity index (χ0) is 19.9. The number of nitrogens with one attached hydrogen (secondary N) is 1. The van der Waals surface area contributed by atoms with Crippen molar-refractivity contribution in [3.05, 3.63) is 71.9 Å². The monoisotopic (exact) mass is 390 g/mol. The van der Waals surface area contributed by atoms with Crippen LogP contribution in [0.4, 0.5) is 23.4 Å². The molecule has 1 amide bonds. The number of carbonyl (C=O) groups is 1. The molecule has 1 aliphatic rings. The lowest BCUT2D eigenvalue weighted by atomic mass is 10.00. The van der Waals surface area contributed by atoms with Crippen molar-refractivity contribution in [1.29, 1.82) is 0 Å². The van der Waals surface area contributed by atoms with Gasteiger partial charge >= 0.3 is 6.18 Å². The molecule has 2 aromatic heterocycles. The lowest BCUT2D eigenvalue weighted by molar-refractivity contribution is -0.137. The highest BCUT2D eigenvalue weighted by atomic mass is 19.4. The third-order valence-corrected chi connectivity index (χ3v) is 4.69. The molecule has 2 heterocycles. The van der Waals surface area contributed by atoms with Crippen LogP contribution >= 0.6 is 0 Å². The number of pyridine rings is 1. The number of aromatic nitrogens is 3. The summed E-state index contributed by atoms with van der Waals surface area (Å²) in [6, 6.07) is 8.71.